The van der Waals surface area contributed by atoms with Crippen LogP contribution in [0.1, 0.15) is 60.2 Å². The Morgan fingerprint density at radius 1 is 0.884 bits per heavy atom. The predicted octanol–water partition coefficient (Wildman–Crippen LogP) is 3.86. The summed E-state index contributed by atoms with van der Waals surface area (Å²) in [6, 6.07) is 10.5. The number of nitrogens with zero attached hydrogens (tertiary/aromatic N) is 1. The van der Waals surface area contributed by atoms with Crippen LogP contribution in [-0.4, -0.2) is 47.7 Å². The van der Waals surface area contributed by atoms with Crippen LogP contribution in [0.2, 0.25) is 0 Å². The van der Waals surface area contributed by atoms with Crippen LogP contribution >= 0.6 is 0 Å². The monoisotopic (exact) mass is 599 g/mol. The van der Waals surface area contributed by atoms with Crippen LogP contribution in [0.3, 0.4) is 0 Å². The van der Waals surface area contributed by atoms with Crippen molar-refractivity contribution in [2.45, 2.75) is 45.9 Å². The largest absolute Gasteiger partial charge is 0.482 e. The number of benzene rings is 2. The molecule has 1 heterocycles. The van der Waals surface area contributed by atoms with Crippen LogP contribution in [0.5, 0.6) is 11.5 Å². The molecule has 0 aliphatic heterocycles. The highest BCUT2D eigenvalue weighted by Gasteiger charge is 2.29. The molecule has 3 rings (SSSR count). The first-order valence-corrected chi connectivity index (χ1v) is 13.1. The summed E-state index contributed by atoms with van der Waals surface area (Å²) in [4.78, 5) is 53.7. The number of primary amides is 1. The van der Waals surface area contributed by atoms with Gasteiger partial charge in [0.2, 0.25) is 6.79 Å². The first-order chi connectivity index (χ1) is 20.4. The van der Waals surface area contributed by atoms with Crippen molar-refractivity contribution in [3.63, 3.8) is 0 Å². The van der Waals surface area contributed by atoms with E-state index in [9.17, 15) is 28.0 Å². The molecule has 1 aromatic heterocycles. The van der Waals surface area contributed by atoms with Crippen LogP contribution in [0.4, 0.5) is 8.78 Å². The fraction of sp³-hybridized carbons (Fsp3) is 0.300. The number of ether oxygens (including phenoxy) is 4. The second-order valence-corrected chi connectivity index (χ2v) is 9.66. The average molecular weight is 600 g/mol. The lowest BCUT2D eigenvalue weighted by Crippen LogP contribution is -2.42. The Hall–Kier alpha value is -5.07. The summed E-state index contributed by atoms with van der Waals surface area (Å²) in [5.41, 5.74) is 5.27. The summed E-state index contributed by atoms with van der Waals surface area (Å²) >= 11 is 0. The number of rotatable bonds is 13. The minimum atomic E-state index is -1.24. The lowest BCUT2D eigenvalue weighted by atomic mass is 10.0. The first-order valence-electron chi connectivity index (χ1n) is 13.1. The van der Waals surface area contributed by atoms with Crippen LogP contribution < -0.4 is 20.5 Å². The number of nitrogens with one attached hydrogen (secondary N) is 1. The summed E-state index contributed by atoms with van der Waals surface area (Å²) in [6.07, 6.45) is -0.749. The molecule has 3 N–H and O–H groups in total. The Kier molecular flexibility index (Phi) is 11.1. The van der Waals surface area contributed by atoms with Gasteiger partial charge in [0.05, 0.1) is 11.5 Å². The van der Waals surface area contributed by atoms with Crippen molar-refractivity contribution in [3.8, 4) is 11.5 Å². The molecule has 0 fully saturated rings. The van der Waals surface area contributed by atoms with E-state index in [2.05, 4.69) is 10.3 Å². The third kappa shape index (κ3) is 8.96. The molecule has 0 saturated carbocycles. The van der Waals surface area contributed by atoms with E-state index in [1.165, 1.54) is 68.4 Å². The molecule has 0 saturated heterocycles. The number of hydrogen-bond donors (Lipinski definition) is 2. The fourth-order valence-corrected chi connectivity index (χ4v) is 3.68. The van der Waals surface area contributed by atoms with Gasteiger partial charge >= 0.3 is 11.9 Å². The minimum absolute atomic E-state index is 0.204. The number of carbonyl (C=O) groups is 4. The zero-order chi connectivity index (χ0) is 31.7. The second-order valence-electron chi connectivity index (χ2n) is 9.66. The summed E-state index contributed by atoms with van der Waals surface area (Å²) in [7, 11) is 0. The standard InChI is InChI=1S/C30H31F2N3O8/c1-16(2)29(38)41-15-40-26-23(27(33)36)13-14-34-24(26)28(37)35-17(3)30(39)42-18(4)25(19-5-7-20(31)8-6-19)43-22-11-9-21(32)10-12-22/h5-14,16-18,25H,15H2,1-4H3,(H2,33,36)(H,35,37)/t17-,18?,25?/m0/s1. The third-order valence-corrected chi connectivity index (χ3v) is 5.97. The summed E-state index contributed by atoms with van der Waals surface area (Å²) in [6.45, 7) is 5.48. The van der Waals surface area contributed by atoms with E-state index in [0.717, 1.165) is 6.20 Å². The summed E-state index contributed by atoms with van der Waals surface area (Å²) < 4.78 is 48.8. The van der Waals surface area contributed by atoms with E-state index in [-0.39, 0.29) is 17.1 Å². The highest BCUT2D eigenvalue weighted by atomic mass is 19.1. The van der Waals surface area contributed by atoms with Gasteiger partial charge in [0.1, 0.15) is 29.5 Å². The van der Waals surface area contributed by atoms with Crippen molar-refractivity contribution in [1.82, 2.24) is 10.3 Å². The van der Waals surface area contributed by atoms with Crippen LogP contribution in [0, 0.1) is 17.6 Å². The molecule has 2 aromatic carbocycles. The Morgan fingerprint density at radius 2 is 1.49 bits per heavy atom. The minimum Gasteiger partial charge on any atom is -0.482 e. The van der Waals surface area contributed by atoms with E-state index in [4.69, 9.17) is 24.7 Å². The van der Waals surface area contributed by atoms with Gasteiger partial charge in [-0.2, -0.15) is 0 Å². The molecule has 0 aliphatic carbocycles. The topological polar surface area (TPSA) is 156 Å². The van der Waals surface area contributed by atoms with Gasteiger partial charge in [-0.15, -0.1) is 0 Å². The Morgan fingerprint density at radius 3 is 2.07 bits per heavy atom. The molecule has 13 heteroatoms. The highest BCUT2D eigenvalue weighted by Crippen LogP contribution is 2.28. The van der Waals surface area contributed by atoms with E-state index >= 15 is 0 Å². The van der Waals surface area contributed by atoms with Gasteiger partial charge in [-0.3, -0.25) is 14.4 Å². The Balaban J connectivity index is 1.74. The second kappa shape index (κ2) is 14.7. The Bertz CT molecular complexity index is 1450. The van der Waals surface area contributed by atoms with Crippen molar-refractivity contribution in [1.29, 1.82) is 0 Å². The number of aromatic nitrogens is 1. The molecule has 43 heavy (non-hydrogen) atoms. The molecule has 0 bridgehead atoms. The van der Waals surface area contributed by atoms with Crippen molar-refractivity contribution in [2.24, 2.45) is 11.7 Å². The van der Waals surface area contributed by atoms with E-state index in [0.29, 0.717) is 5.56 Å². The van der Waals surface area contributed by atoms with Gasteiger partial charge in [-0.25, -0.2) is 18.6 Å². The van der Waals surface area contributed by atoms with Gasteiger partial charge in [0.15, 0.2) is 17.5 Å². The van der Waals surface area contributed by atoms with Gasteiger partial charge in [-0.05, 0) is 61.9 Å². The van der Waals surface area contributed by atoms with Crippen molar-refractivity contribution in [2.75, 3.05) is 6.79 Å². The normalized spacial score (nSPS) is 12.9. The number of halogens is 2. The maximum absolute atomic E-state index is 13.6. The maximum atomic E-state index is 13.6. The van der Waals surface area contributed by atoms with Gasteiger partial charge in [0, 0.05) is 6.20 Å². The number of carbonyl (C=O) groups excluding carboxylic acids is 4. The van der Waals surface area contributed by atoms with Gasteiger partial charge in [-0.1, -0.05) is 26.0 Å². The molecule has 0 aliphatic rings. The van der Waals surface area contributed by atoms with Crippen LogP contribution in [0.15, 0.2) is 60.8 Å². The number of hydrogen-bond acceptors (Lipinski definition) is 9. The van der Waals surface area contributed by atoms with Crippen molar-refractivity contribution in [3.05, 3.63) is 89.2 Å². The summed E-state index contributed by atoms with van der Waals surface area (Å²) in [5, 5.41) is 2.42. The molecule has 2 unspecified atom stereocenters. The average Bonchev–Trinajstić information content (AvgIpc) is 2.97. The number of esters is 2. The highest BCUT2D eigenvalue weighted by molar-refractivity contribution is 6.03. The molecular formula is C30H31F2N3O8. The molecule has 0 radical (unpaired) electrons. The molecule has 0 spiro atoms. The lowest BCUT2D eigenvalue weighted by Gasteiger charge is -2.27. The smallest absolute Gasteiger partial charge is 0.328 e. The molecule has 2 amide bonds. The van der Waals surface area contributed by atoms with E-state index in [1.807, 2.05) is 0 Å². The van der Waals surface area contributed by atoms with Crippen molar-refractivity contribution >= 4 is 23.8 Å². The number of pyridine rings is 1. The predicted molar refractivity (Wildman–Crippen MR) is 148 cm³/mol. The quantitative estimate of drug-likeness (QED) is 0.220. The zero-order valence-electron chi connectivity index (χ0n) is 23.8. The first kappa shape index (κ1) is 32.4. The van der Waals surface area contributed by atoms with Crippen molar-refractivity contribution < 1.29 is 46.9 Å². The fourth-order valence-electron chi connectivity index (χ4n) is 3.68. The zero-order valence-corrected chi connectivity index (χ0v) is 23.8. The Labute approximate surface area is 246 Å². The van der Waals surface area contributed by atoms with Gasteiger partial charge < -0.3 is 30.0 Å². The van der Waals surface area contributed by atoms with Crippen LogP contribution in [0.25, 0.3) is 0 Å². The van der Waals surface area contributed by atoms with E-state index < -0.39 is 72.0 Å². The lowest BCUT2D eigenvalue weighted by molar-refractivity contribution is -0.155. The summed E-state index contributed by atoms with van der Waals surface area (Å²) in [5.74, 6) is -4.78. The molecule has 3 aromatic rings. The number of amides is 2. The third-order valence-electron chi connectivity index (χ3n) is 5.97. The number of nitrogens with two attached hydrogens (primary N) is 1. The van der Waals surface area contributed by atoms with Gasteiger partial charge in [0.25, 0.3) is 11.8 Å². The maximum Gasteiger partial charge on any atom is 0.328 e. The SMILES string of the molecule is CC(C)C(=O)OCOc1c(C(N)=O)ccnc1C(=O)N[C@@H](C)C(=O)OC(C)C(Oc1ccc(F)cc1)c1ccc(F)cc1. The van der Waals surface area contributed by atoms with E-state index in [1.54, 1.807) is 13.8 Å². The molecule has 228 valence electrons. The molecule has 3 atom stereocenters. The van der Waals surface area contributed by atoms with Crippen LogP contribution in [-0.2, 0) is 19.1 Å². The molecular weight excluding hydrogens is 568 g/mol. The molecule has 11 nitrogen and oxygen atoms in total.